The highest BCUT2D eigenvalue weighted by atomic mass is 35.5. The lowest BCUT2D eigenvalue weighted by Gasteiger charge is -2.22. The van der Waals surface area contributed by atoms with Crippen molar-refractivity contribution in [3.63, 3.8) is 0 Å². The summed E-state index contributed by atoms with van der Waals surface area (Å²) in [6.45, 7) is 0.856. The lowest BCUT2D eigenvalue weighted by atomic mass is 10.1. The van der Waals surface area contributed by atoms with Crippen LogP contribution in [0.5, 0.6) is 0 Å². The van der Waals surface area contributed by atoms with Gasteiger partial charge in [0.2, 0.25) is 0 Å². The van der Waals surface area contributed by atoms with Crippen molar-refractivity contribution in [1.29, 1.82) is 0 Å². The van der Waals surface area contributed by atoms with Gasteiger partial charge in [-0.2, -0.15) is 0 Å². The fraction of sp³-hybridized carbons (Fsp3) is 0.188. The zero-order valence-electron chi connectivity index (χ0n) is 11.1. The second kappa shape index (κ2) is 4.48. The molecule has 0 saturated heterocycles. The van der Waals surface area contributed by atoms with Gasteiger partial charge in [0.05, 0.1) is 10.7 Å². The van der Waals surface area contributed by atoms with Crippen LogP contribution in [0.3, 0.4) is 0 Å². The van der Waals surface area contributed by atoms with Crippen molar-refractivity contribution in [1.82, 2.24) is 0 Å². The third kappa shape index (κ3) is 1.83. The molecule has 21 heavy (non-hydrogen) atoms. The van der Waals surface area contributed by atoms with Gasteiger partial charge in [-0.3, -0.25) is 4.79 Å². The Morgan fingerprint density at radius 3 is 2.90 bits per heavy atom. The first kappa shape index (κ1) is 12.7. The number of nitrogens with one attached hydrogen (secondary N) is 1. The molecule has 0 spiro atoms. The molecule has 4 nitrogen and oxygen atoms in total. The van der Waals surface area contributed by atoms with Crippen LogP contribution in [-0.2, 0) is 11.2 Å². The van der Waals surface area contributed by atoms with Crippen molar-refractivity contribution < 1.29 is 9.90 Å². The predicted octanol–water partition coefficient (Wildman–Crippen LogP) is 3.02. The number of nitrogens with zero attached hydrogens (tertiary/aromatic N) is 1. The molecule has 0 aromatic heterocycles. The van der Waals surface area contributed by atoms with Crippen molar-refractivity contribution in [2.24, 2.45) is 0 Å². The summed E-state index contributed by atoms with van der Waals surface area (Å²) in [7, 11) is 0. The van der Waals surface area contributed by atoms with E-state index in [1.54, 1.807) is 6.07 Å². The van der Waals surface area contributed by atoms with Crippen molar-refractivity contribution in [2.45, 2.75) is 12.5 Å². The van der Waals surface area contributed by atoms with Gasteiger partial charge in [0, 0.05) is 23.5 Å². The number of carbonyl (C=O) groups excluding carboxylic acids is 1. The van der Waals surface area contributed by atoms with Crippen LogP contribution in [0.25, 0.3) is 0 Å². The molecule has 0 radical (unpaired) electrons. The number of amides is 1. The summed E-state index contributed by atoms with van der Waals surface area (Å²) >= 11 is 6.38. The van der Waals surface area contributed by atoms with Crippen LogP contribution in [-0.4, -0.2) is 17.6 Å². The maximum absolute atomic E-state index is 11.6. The normalized spacial score (nSPS) is 19.4. The van der Waals surface area contributed by atoms with Gasteiger partial charge < -0.3 is 15.3 Å². The van der Waals surface area contributed by atoms with E-state index in [2.05, 4.69) is 22.3 Å². The molecule has 1 unspecified atom stereocenters. The van der Waals surface area contributed by atoms with E-state index < -0.39 is 12.0 Å². The molecule has 0 fully saturated rings. The first-order chi connectivity index (χ1) is 10.1. The second-order valence-electron chi connectivity index (χ2n) is 5.31. The van der Waals surface area contributed by atoms with Gasteiger partial charge in [-0.05, 0) is 30.2 Å². The molecular weight excluding hydrogens is 288 g/mol. The minimum atomic E-state index is -1.13. The maximum atomic E-state index is 11.6. The van der Waals surface area contributed by atoms with E-state index in [4.69, 9.17) is 11.6 Å². The zero-order valence-corrected chi connectivity index (χ0v) is 11.9. The van der Waals surface area contributed by atoms with Gasteiger partial charge in [0.1, 0.15) is 0 Å². The Hall–Kier alpha value is -2.04. The summed E-state index contributed by atoms with van der Waals surface area (Å²) in [5.74, 6) is -0.403. The molecule has 2 N–H and O–H groups in total. The predicted molar refractivity (Wildman–Crippen MR) is 82.2 cm³/mol. The second-order valence-corrected chi connectivity index (χ2v) is 5.72. The molecule has 0 bridgehead atoms. The molecule has 5 heteroatoms. The third-order valence-corrected chi connectivity index (χ3v) is 4.40. The number of hydrogen-bond donors (Lipinski definition) is 2. The number of para-hydroxylation sites is 1. The minimum absolute atomic E-state index is 0.403. The number of anilines is 3. The maximum Gasteiger partial charge on any atom is 0.257 e. The van der Waals surface area contributed by atoms with Gasteiger partial charge >= 0.3 is 0 Å². The molecule has 1 atom stereocenters. The number of hydrogen-bond acceptors (Lipinski definition) is 3. The number of fused-ring (bicyclic) bond motifs is 2. The Balaban J connectivity index is 1.82. The van der Waals surface area contributed by atoms with Crippen LogP contribution >= 0.6 is 11.6 Å². The molecule has 1 amide bonds. The van der Waals surface area contributed by atoms with E-state index >= 15 is 0 Å². The van der Waals surface area contributed by atoms with Crippen LogP contribution in [0, 0.1) is 0 Å². The van der Waals surface area contributed by atoms with Crippen LogP contribution in [0.15, 0.2) is 36.4 Å². The average molecular weight is 301 g/mol. The summed E-state index contributed by atoms with van der Waals surface area (Å²) in [5, 5.41) is 13.0. The van der Waals surface area contributed by atoms with E-state index in [0.29, 0.717) is 16.3 Å². The molecule has 106 valence electrons. The zero-order chi connectivity index (χ0) is 14.6. The summed E-state index contributed by atoms with van der Waals surface area (Å²) < 4.78 is 0. The van der Waals surface area contributed by atoms with Gasteiger partial charge in [-0.15, -0.1) is 0 Å². The smallest absolute Gasteiger partial charge is 0.257 e. The Kier molecular flexibility index (Phi) is 2.71. The van der Waals surface area contributed by atoms with Crippen LogP contribution in [0.1, 0.15) is 17.2 Å². The Morgan fingerprint density at radius 2 is 2.05 bits per heavy atom. The van der Waals surface area contributed by atoms with Gasteiger partial charge in [0.25, 0.3) is 5.91 Å². The lowest BCUT2D eigenvalue weighted by Crippen LogP contribution is -2.14. The molecule has 0 saturated carbocycles. The van der Waals surface area contributed by atoms with Crippen LogP contribution < -0.4 is 10.2 Å². The summed E-state index contributed by atoms with van der Waals surface area (Å²) in [6.07, 6.45) is -0.157. The van der Waals surface area contributed by atoms with E-state index in [1.165, 1.54) is 5.56 Å². The minimum Gasteiger partial charge on any atom is -0.378 e. The quantitative estimate of drug-likeness (QED) is 0.851. The molecule has 0 aliphatic carbocycles. The van der Waals surface area contributed by atoms with Crippen molar-refractivity contribution in [2.75, 3.05) is 16.8 Å². The SMILES string of the molecule is O=C1Nc2cc(N3CCc4ccccc43)c(Cl)cc2C1O. The van der Waals surface area contributed by atoms with Crippen LogP contribution in [0.4, 0.5) is 17.1 Å². The molecule has 2 aliphatic heterocycles. The van der Waals surface area contributed by atoms with Crippen molar-refractivity contribution in [3.8, 4) is 0 Å². The highest BCUT2D eigenvalue weighted by molar-refractivity contribution is 6.34. The summed E-state index contributed by atoms with van der Waals surface area (Å²) in [4.78, 5) is 13.7. The van der Waals surface area contributed by atoms with Gasteiger partial charge in [-0.1, -0.05) is 29.8 Å². The highest BCUT2D eigenvalue weighted by Crippen LogP contribution is 2.43. The summed E-state index contributed by atoms with van der Waals surface area (Å²) in [6, 6.07) is 11.7. The first-order valence-corrected chi connectivity index (χ1v) is 7.21. The first-order valence-electron chi connectivity index (χ1n) is 6.83. The number of halogens is 1. The number of aliphatic hydroxyl groups excluding tert-OH is 1. The molecule has 2 aliphatic rings. The topological polar surface area (TPSA) is 52.6 Å². The number of rotatable bonds is 1. The van der Waals surface area contributed by atoms with E-state index in [1.807, 2.05) is 18.2 Å². The van der Waals surface area contributed by atoms with E-state index in [0.717, 1.165) is 24.3 Å². The molecule has 2 aromatic rings. The Morgan fingerprint density at radius 1 is 1.24 bits per heavy atom. The molecule has 2 aromatic carbocycles. The average Bonchev–Trinajstić information content (AvgIpc) is 3.02. The van der Waals surface area contributed by atoms with Gasteiger partial charge in [0.15, 0.2) is 6.10 Å². The number of aliphatic hydroxyl groups is 1. The number of benzene rings is 2. The third-order valence-electron chi connectivity index (χ3n) is 4.10. The molecular formula is C16H13ClN2O2. The molecule has 2 heterocycles. The Labute approximate surface area is 127 Å². The van der Waals surface area contributed by atoms with Crippen molar-refractivity contribution in [3.05, 3.63) is 52.5 Å². The van der Waals surface area contributed by atoms with E-state index in [-0.39, 0.29) is 0 Å². The fourth-order valence-electron chi connectivity index (χ4n) is 3.05. The fourth-order valence-corrected chi connectivity index (χ4v) is 3.32. The standard InChI is InChI=1S/C16H13ClN2O2/c17-11-7-10-12(18-16(21)15(10)20)8-14(11)19-6-5-9-3-1-2-4-13(9)19/h1-4,7-8,15,20H,5-6H2,(H,18,21). The number of carbonyl (C=O) groups is 1. The lowest BCUT2D eigenvalue weighted by molar-refractivity contribution is -0.123. The van der Waals surface area contributed by atoms with Crippen LogP contribution in [0.2, 0.25) is 5.02 Å². The summed E-state index contributed by atoms with van der Waals surface area (Å²) in [5.41, 5.74) is 4.47. The van der Waals surface area contributed by atoms with Gasteiger partial charge in [-0.25, -0.2) is 0 Å². The molecule has 4 rings (SSSR count). The monoisotopic (exact) mass is 300 g/mol. The highest BCUT2D eigenvalue weighted by Gasteiger charge is 2.31. The van der Waals surface area contributed by atoms with Crippen molar-refractivity contribution >= 4 is 34.6 Å². The van der Waals surface area contributed by atoms with E-state index in [9.17, 15) is 9.90 Å². The largest absolute Gasteiger partial charge is 0.378 e. The Bertz CT molecular complexity index is 760.